The van der Waals surface area contributed by atoms with Gasteiger partial charge in [0.15, 0.2) is 0 Å². The summed E-state index contributed by atoms with van der Waals surface area (Å²) in [4.78, 5) is 28.5. The van der Waals surface area contributed by atoms with Crippen LogP contribution in [0.5, 0.6) is 0 Å². The molecule has 0 radical (unpaired) electrons. The van der Waals surface area contributed by atoms with Crippen LogP contribution in [0.4, 0.5) is 5.69 Å². The number of amides is 1. The molecule has 9 nitrogen and oxygen atoms in total. The minimum Gasteiger partial charge on any atom is -0.465 e. The van der Waals surface area contributed by atoms with E-state index in [9.17, 15) is 18.0 Å². The average molecular weight is 475 g/mol. The number of rotatable bonds is 8. The molecule has 1 atom stereocenters. The second-order valence-electron chi connectivity index (χ2n) is 8.09. The minimum atomic E-state index is -3.70. The molecule has 0 bridgehead atoms. The van der Waals surface area contributed by atoms with Crippen molar-refractivity contribution in [3.05, 3.63) is 59.7 Å². The van der Waals surface area contributed by atoms with Crippen LogP contribution in [0.25, 0.3) is 0 Å². The molecule has 178 valence electrons. The van der Waals surface area contributed by atoms with Crippen LogP contribution < -0.4 is 15.4 Å². The molecular formula is C23H30N4O5S. The lowest BCUT2D eigenvalue weighted by atomic mass is 10.1. The van der Waals surface area contributed by atoms with Crippen LogP contribution in [-0.4, -0.2) is 71.1 Å². The number of nitrogens with two attached hydrogens (primary N) is 1. The second-order valence-corrected chi connectivity index (χ2v) is 9.65. The molecule has 3 rings (SSSR count). The highest BCUT2D eigenvalue weighted by atomic mass is 32.2. The Morgan fingerprint density at radius 2 is 1.76 bits per heavy atom. The summed E-state index contributed by atoms with van der Waals surface area (Å²) in [5.41, 5.74) is 2.47. The maximum atomic E-state index is 12.4. The van der Waals surface area contributed by atoms with Crippen LogP contribution in [0.15, 0.2) is 53.4 Å². The molecule has 2 aromatic carbocycles. The van der Waals surface area contributed by atoms with Crippen LogP contribution in [0.1, 0.15) is 22.8 Å². The molecule has 0 aliphatic carbocycles. The summed E-state index contributed by atoms with van der Waals surface area (Å²) in [6.45, 7) is 5.19. The number of nitrogens with one attached hydrogen (secondary N) is 1. The maximum absolute atomic E-state index is 12.4. The summed E-state index contributed by atoms with van der Waals surface area (Å²) in [7, 11) is -2.34. The molecule has 0 spiro atoms. The van der Waals surface area contributed by atoms with Gasteiger partial charge in [-0.15, -0.1) is 0 Å². The first-order valence-electron chi connectivity index (χ1n) is 10.7. The number of anilines is 1. The number of ether oxygens (including phenoxy) is 1. The van der Waals surface area contributed by atoms with Gasteiger partial charge in [0.05, 0.1) is 24.1 Å². The summed E-state index contributed by atoms with van der Waals surface area (Å²) < 4.78 is 27.4. The SMILES string of the molecule is COC(=O)c1ccc(N2CCN(CC(=O)NCCc3ccc(S(N)(=O)=O)cc3)C(C)C2)cc1. The Hall–Kier alpha value is -2.95. The molecule has 1 aliphatic heterocycles. The van der Waals surface area contributed by atoms with Crippen molar-refractivity contribution < 1.29 is 22.7 Å². The second kappa shape index (κ2) is 10.8. The zero-order valence-electron chi connectivity index (χ0n) is 18.9. The number of primary sulfonamides is 1. The fourth-order valence-corrected chi connectivity index (χ4v) is 4.34. The molecule has 0 saturated carbocycles. The van der Waals surface area contributed by atoms with Crippen molar-refractivity contribution in [3.8, 4) is 0 Å². The largest absolute Gasteiger partial charge is 0.465 e. The zero-order valence-corrected chi connectivity index (χ0v) is 19.7. The average Bonchev–Trinajstić information content (AvgIpc) is 2.80. The van der Waals surface area contributed by atoms with Gasteiger partial charge in [0.2, 0.25) is 15.9 Å². The van der Waals surface area contributed by atoms with Gasteiger partial charge < -0.3 is 15.0 Å². The summed E-state index contributed by atoms with van der Waals surface area (Å²) in [6, 6.07) is 13.9. The lowest BCUT2D eigenvalue weighted by Gasteiger charge is -2.40. The molecule has 1 aliphatic rings. The van der Waals surface area contributed by atoms with E-state index in [4.69, 9.17) is 9.88 Å². The molecule has 10 heteroatoms. The molecule has 1 fully saturated rings. The molecule has 1 unspecified atom stereocenters. The zero-order chi connectivity index (χ0) is 24.0. The van der Waals surface area contributed by atoms with Crippen molar-refractivity contribution in [3.63, 3.8) is 0 Å². The number of carbonyl (C=O) groups excluding carboxylic acids is 2. The maximum Gasteiger partial charge on any atom is 0.337 e. The molecule has 1 heterocycles. The molecule has 1 saturated heterocycles. The third-order valence-corrected chi connectivity index (χ3v) is 6.68. The summed E-state index contributed by atoms with van der Waals surface area (Å²) in [5.74, 6) is -0.398. The van der Waals surface area contributed by atoms with E-state index in [-0.39, 0.29) is 22.8 Å². The first kappa shape index (κ1) is 24.7. The van der Waals surface area contributed by atoms with E-state index in [0.29, 0.717) is 25.1 Å². The number of nitrogens with zero attached hydrogens (tertiary/aromatic N) is 2. The van der Waals surface area contributed by atoms with Crippen LogP contribution in [0.3, 0.4) is 0 Å². The third kappa shape index (κ3) is 6.77. The van der Waals surface area contributed by atoms with Crippen molar-refractivity contribution in [1.82, 2.24) is 10.2 Å². The van der Waals surface area contributed by atoms with Crippen molar-refractivity contribution >= 4 is 27.6 Å². The van der Waals surface area contributed by atoms with Crippen molar-refractivity contribution in [2.75, 3.05) is 44.7 Å². The molecular weight excluding hydrogens is 444 g/mol. The Morgan fingerprint density at radius 1 is 1.09 bits per heavy atom. The summed E-state index contributed by atoms with van der Waals surface area (Å²) in [6.07, 6.45) is 0.599. The highest BCUT2D eigenvalue weighted by Gasteiger charge is 2.25. The van der Waals surface area contributed by atoms with E-state index in [1.807, 2.05) is 12.1 Å². The number of sulfonamides is 1. The standard InChI is InChI=1S/C23H30N4O5S/c1-17-15-27(20-7-5-19(6-8-20)23(29)32-2)14-13-26(17)16-22(28)25-12-11-18-3-9-21(10-4-18)33(24,30)31/h3-10,17H,11-16H2,1-2H3,(H,25,28)(H2,24,30,31). The Balaban J connectivity index is 1.43. The number of esters is 1. The Morgan fingerprint density at radius 3 is 2.33 bits per heavy atom. The predicted octanol–water partition coefficient (Wildman–Crippen LogP) is 0.990. The van der Waals surface area contributed by atoms with Gasteiger partial charge in [-0.2, -0.15) is 0 Å². The van der Waals surface area contributed by atoms with E-state index >= 15 is 0 Å². The molecule has 1 amide bonds. The molecule has 3 N–H and O–H groups in total. The fourth-order valence-electron chi connectivity index (χ4n) is 3.82. The van der Waals surface area contributed by atoms with E-state index in [0.717, 1.165) is 30.9 Å². The van der Waals surface area contributed by atoms with E-state index < -0.39 is 10.0 Å². The lowest BCUT2D eigenvalue weighted by molar-refractivity contribution is -0.122. The predicted molar refractivity (Wildman–Crippen MR) is 126 cm³/mol. The normalized spacial score (nSPS) is 16.9. The van der Waals surface area contributed by atoms with Gasteiger partial charge in [0.25, 0.3) is 0 Å². The van der Waals surface area contributed by atoms with Gasteiger partial charge >= 0.3 is 5.97 Å². The molecule has 33 heavy (non-hydrogen) atoms. The van der Waals surface area contributed by atoms with Crippen molar-refractivity contribution in [1.29, 1.82) is 0 Å². The Bertz CT molecular complexity index is 1070. The van der Waals surface area contributed by atoms with Gasteiger partial charge in [0.1, 0.15) is 0 Å². The highest BCUT2D eigenvalue weighted by molar-refractivity contribution is 7.89. The fraction of sp³-hybridized carbons (Fsp3) is 0.391. The quantitative estimate of drug-likeness (QED) is 0.547. The van der Waals surface area contributed by atoms with Crippen LogP contribution in [-0.2, 0) is 26.0 Å². The molecule has 2 aromatic rings. The number of hydrogen-bond donors (Lipinski definition) is 2. The Labute approximate surface area is 194 Å². The number of carbonyl (C=O) groups is 2. The number of piperazine rings is 1. The van der Waals surface area contributed by atoms with Crippen molar-refractivity contribution in [2.24, 2.45) is 5.14 Å². The highest BCUT2D eigenvalue weighted by Crippen LogP contribution is 2.20. The van der Waals surface area contributed by atoms with Gasteiger partial charge in [-0.05, 0) is 55.3 Å². The van der Waals surface area contributed by atoms with E-state index in [1.54, 1.807) is 24.3 Å². The number of hydrogen-bond acceptors (Lipinski definition) is 7. The summed E-state index contributed by atoms with van der Waals surface area (Å²) >= 11 is 0. The van der Waals surface area contributed by atoms with Gasteiger partial charge in [-0.25, -0.2) is 18.4 Å². The van der Waals surface area contributed by atoms with Crippen LogP contribution in [0.2, 0.25) is 0 Å². The van der Waals surface area contributed by atoms with Gasteiger partial charge in [0, 0.05) is 37.9 Å². The monoisotopic (exact) mass is 474 g/mol. The number of benzene rings is 2. The Kier molecular flexibility index (Phi) is 8.06. The van der Waals surface area contributed by atoms with E-state index in [1.165, 1.54) is 19.2 Å². The van der Waals surface area contributed by atoms with E-state index in [2.05, 4.69) is 22.0 Å². The van der Waals surface area contributed by atoms with Crippen LogP contribution >= 0.6 is 0 Å². The first-order valence-corrected chi connectivity index (χ1v) is 12.3. The van der Waals surface area contributed by atoms with Gasteiger partial charge in [-0.1, -0.05) is 12.1 Å². The minimum absolute atomic E-state index is 0.0427. The summed E-state index contributed by atoms with van der Waals surface area (Å²) in [5, 5.41) is 8.03. The van der Waals surface area contributed by atoms with Crippen molar-refractivity contribution in [2.45, 2.75) is 24.3 Å². The van der Waals surface area contributed by atoms with Crippen LogP contribution in [0, 0.1) is 0 Å². The smallest absolute Gasteiger partial charge is 0.337 e. The molecule has 0 aromatic heterocycles. The topological polar surface area (TPSA) is 122 Å². The van der Waals surface area contributed by atoms with Gasteiger partial charge in [-0.3, -0.25) is 9.69 Å². The number of methoxy groups -OCH3 is 1. The third-order valence-electron chi connectivity index (χ3n) is 5.75. The lowest BCUT2D eigenvalue weighted by Crippen LogP contribution is -2.54. The first-order chi connectivity index (χ1) is 15.7.